The third kappa shape index (κ3) is 6.32. The van der Waals surface area contributed by atoms with Crippen LogP contribution in [0.4, 0.5) is 13.2 Å². The monoisotopic (exact) mass is 340 g/mol. The van der Waals surface area contributed by atoms with Crippen molar-refractivity contribution >= 4 is 11.8 Å². The Morgan fingerprint density at radius 2 is 1.92 bits per heavy atom. The molecule has 130 valence electrons. The van der Waals surface area contributed by atoms with Gasteiger partial charge in [-0.25, -0.2) is 0 Å². The van der Waals surface area contributed by atoms with E-state index in [9.17, 15) is 22.8 Å². The van der Waals surface area contributed by atoms with Crippen molar-refractivity contribution in [1.29, 1.82) is 0 Å². The van der Waals surface area contributed by atoms with Crippen LogP contribution in [0.3, 0.4) is 0 Å². The van der Waals surface area contributed by atoms with Crippen LogP contribution < -0.4 is 10.6 Å². The lowest BCUT2D eigenvalue weighted by Gasteiger charge is -2.20. The molecule has 0 heterocycles. The van der Waals surface area contributed by atoms with Crippen molar-refractivity contribution < 1.29 is 22.8 Å². The lowest BCUT2D eigenvalue weighted by Crippen LogP contribution is -2.49. The van der Waals surface area contributed by atoms with E-state index in [1.807, 2.05) is 0 Å². The molecule has 1 aromatic rings. The molecule has 0 aliphatic heterocycles. The summed E-state index contributed by atoms with van der Waals surface area (Å²) in [7, 11) is 0. The minimum atomic E-state index is -4.42. The number of amides is 2. The molecule has 0 radical (unpaired) electrons. The number of alkyl halides is 3. The Balaban J connectivity index is 2.67. The molecule has 7 heteroatoms. The Kier molecular flexibility index (Phi) is 6.83. The van der Waals surface area contributed by atoms with Crippen molar-refractivity contribution in [2.75, 3.05) is 6.54 Å². The molecule has 0 bridgehead atoms. The number of rotatable bonds is 4. The zero-order valence-electron chi connectivity index (χ0n) is 13.6. The maximum atomic E-state index is 12.6. The van der Waals surface area contributed by atoms with Gasteiger partial charge in [-0.2, -0.15) is 13.2 Å². The molecule has 0 saturated carbocycles. The van der Waals surface area contributed by atoms with Gasteiger partial charge in [0.2, 0.25) is 11.8 Å². The standard InChI is InChI=1S/C17H19F3N2O2/c1-11(2)15(22-12(3)23)16(24)21-9-5-7-13-6-4-8-14(10-13)17(18,19)20/h4,6,8,10-11,15H,9H2,1-3H3,(H,21,24)(H,22,23). The highest BCUT2D eigenvalue weighted by atomic mass is 19.4. The van der Waals surface area contributed by atoms with E-state index in [0.29, 0.717) is 0 Å². The molecule has 0 saturated heterocycles. The van der Waals surface area contributed by atoms with Crippen LogP contribution in [0.5, 0.6) is 0 Å². The van der Waals surface area contributed by atoms with Crippen LogP contribution in [0, 0.1) is 17.8 Å². The van der Waals surface area contributed by atoms with Crippen LogP contribution in [-0.4, -0.2) is 24.4 Å². The first-order valence-electron chi connectivity index (χ1n) is 7.32. The fraction of sp³-hybridized carbons (Fsp3) is 0.412. The number of carbonyl (C=O) groups is 2. The highest BCUT2D eigenvalue weighted by molar-refractivity contribution is 5.87. The Morgan fingerprint density at radius 3 is 2.46 bits per heavy atom. The molecule has 2 amide bonds. The zero-order valence-corrected chi connectivity index (χ0v) is 13.6. The summed E-state index contributed by atoms with van der Waals surface area (Å²) < 4.78 is 37.8. The van der Waals surface area contributed by atoms with E-state index < -0.39 is 23.7 Å². The molecule has 0 aliphatic carbocycles. The smallest absolute Gasteiger partial charge is 0.344 e. The molecule has 2 N–H and O–H groups in total. The van der Waals surface area contributed by atoms with Gasteiger partial charge in [0.25, 0.3) is 0 Å². The second-order valence-electron chi connectivity index (χ2n) is 5.52. The van der Waals surface area contributed by atoms with Crippen molar-refractivity contribution in [3.63, 3.8) is 0 Å². The third-order valence-electron chi connectivity index (χ3n) is 3.08. The number of nitrogens with one attached hydrogen (secondary N) is 2. The van der Waals surface area contributed by atoms with Gasteiger partial charge in [-0.3, -0.25) is 9.59 Å². The summed E-state index contributed by atoms with van der Waals surface area (Å²) >= 11 is 0. The summed E-state index contributed by atoms with van der Waals surface area (Å²) in [5.41, 5.74) is -0.565. The third-order valence-corrected chi connectivity index (χ3v) is 3.08. The van der Waals surface area contributed by atoms with E-state index in [2.05, 4.69) is 22.5 Å². The highest BCUT2D eigenvalue weighted by Gasteiger charge is 2.30. The van der Waals surface area contributed by atoms with Gasteiger partial charge in [-0.05, 0) is 24.1 Å². The maximum absolute atomic E-state index is 12.6. The number of hydrogen-bond acceptors (Lipinski definition) is 2. The van der Waals surface area contributed by atoms with Crippen LogP contribution in [-0.2, 0) is 15.8 Å². The molecule has 0 spiro atoms. The number of carbonyl (C=O) groups excluding carboxylic acids is 2. The van der Waals surface area contributed by atoms with Crippen molar-refractivity contribution in [1.82, 2.24) is 10.6 Å². The van der Waals surface area contributed by atoms with Crippen molar-refractivity contribution in [3.05, 3.63) is 35.4 Å². The molecule has 1 unspecified atom stereocenters. The van der Waals surface area contributed by atoms with Crippen molar-refractivity contribution in [2.45, 2.75) is 33.0 Å². The normalized spacial score (nSPS) is 12.1. The van der Waals surface area contributed by atoms with E-state index in [1.54, 1.807) is 13.8 Å². The second-order valence-corrected chi connectivity index (χ2v) is 5.52. The predicted molar refractivity (Wildman–Crippen MR) is 83.8 cm³/mol. The lowest BCUT2D eigenvalue weighted by atomic mass is 10.0. The SMILES string of the molecule is CC(=O)NC(C(=O)NCC#Cc1cccc(C(F)(F)F)c1)C(C)C. The summed E-state index contributed by atoms with van der Waals surface area (Å²) in [6.45, 7) is 4.86. The van der Waals surface area contributed by atoms with E-state index in [-0.39, 0.29) is 23.9 Å². The largest absolute Gasteiger partial charge is 0.416 e. The number of benzene rings is 1. The predicted octanol–water partition coefficient (Wildman–Crippen LogP) is 2.33. The minimum absolute atomic E-state index is 0.0299. The average molecular weight is 340 g/mol. The summed E-state index contributed by atoms with van der Waals surface area (Å²) in [4.78, 5) is 23.1. The fourth-order valence-electron chi connectivity index (χ4n) is 1.91. The Morgan fingerprint density at radius 1 is 1.25 bits per heavy atom. The molecular weight excluding hydrogens is 321 g/mol. The molecule has 1 atom stereocenters. The molecule has 0 aromatic heterocycles. The Bertz CT molecular complexity index is 658. The van der Waals surface area contributed by atoms with Gasteiger partial charge >= 0.3 is 6.18 Å². The minimum Gasteiger partial charge on any atom is -0.344 e. The highest BCUT2D eigenvalue weighted by Crippen LogP contribution is 2.29. The van der Waals surface area contributed by atoms with Crippen LogP contribution in [0.25, 0.3) is 0 Å². The van der Waals surface area contributed by atoms with Gasteiger partial charge in [-0.1, -0.05) is 31.8 Å². The van der Waals surface area contributed by atoms with Gasteiger partial charge in [0.1, 0.15) is 6.04 Å². The molecular formula is C17H19F3N2O2. The van der Waals surface area contributed by atoms with Crippen LogP contribution in [0.2, 0.25) is 0 Å². The summed E-state index contributed by atoms with van der Waals surface area (Å²) in [5, 5.41) is 5.07. The van der Waals surface area contributed by atoms with Crippen molar-refractivity contribution in [2.24, 2.45) is 5.92 Å². The van der Waals surface area contributed by atoms with E-state index in [4.69, 9.17) is 0 Å². The summed E-state index contributed by atoms with van der Waals surface area (Å²) in [6, 6.07) is 3.96. The van der Waals surface area contributed by atoms with E-state index in [0.717, 1.165) is 12.1 Å². The molecule has 1 aromatic carbocycles. The average Bonchev–Trinajstić information content (AvgIpc) is 2.48. The summed E-state index contributed by atoms with van der Waals surface area (Å²) in [5.74, 6) is 4.35. The molecule has 0 aliphatic rings. The maximum Gasteiger partial charge on any atom is 0.416 e. The number of halogens is 3. The van der Waals surface area contributed by atoms with E-state index >= 15 is 0 Å². The van der Waals surface area contributed by atoms with Crippen molar-refractivity contribution in [3.8, 4) is 11.8 Å². The lowest BCUT2D eigenvalue weighted by molar-refractivity contribution is -0.137. The van der Waals surface area contributed by atoms with Gasteiger partial charge in [0.05, 0.1) is 12.1 Å². The topological polar surface area (TPSA) is 58.2 Å². The van der Waals surface area contributed by atoms with Gasteiger partial charge in [-0.15, -0.1) is 0 Å². The zero-order chi connectivity index (χ0) is 18.3. The van der Waals surface area contributed by atoms with Gasteiger partial charge < -0.3 is 10.6 Å². The van der Waals surface area contributed by atoms with Gasteiger partial charge in [0.15, 0.2) is 0 Å². The first kappa shape index (κ1) is 19.6. The summed E-state index contributed by atoms with van der Waals surface area (Å²) in [6.07, 6.45) is -4.42. The Labute approximate surface area is 138 Å². The first-order chi connectivity index (χ1) is 11.1. The van der Waals surface area contributed by atoms with Crippen LogP contribution >= 0.6 is 0 Å². The van der Waals surface area contributed by atoms with Crippen LogP contribution in [0.15, 0.2) is 24.3 Å². The second kappa shape index (κ2) is 8.39. The Hall–Kier alpha value is -2.49. The van der Waals surface area contributed by atoms with Crippen LogP contribution in [0.1, 0.15) is 31.9 Å². The van der Waals surface area contributed by atoms with E-state index in [1.165, 1.54) is 19.1 Å². The number of hydrogen-bond donors (Lipinski definition) is 2. The quantitative estimate of drug-likeness (QED) is 0.827. The molecule has 24 heavy (non-hydrogen) atoms. The molecule has 0 fully saturated rings. The first-order valence-corrected chi connectivity index (χ1v) is 7.32. The molecule has 1 rings (SSSR count). The molecule has 4 nitrogen and oxygen atoms in total. The van der Waals surface area contributed by atoms with Gasteiger partial charge in [0, 0.05) is 12.5 Å². The fourth-order valence-corrected chi connectivity index (χ4v) is 1.91.